The third-order valence-corrected chi connectivity index (χ3v) is 2.15. The average molecular weight is 197 g/mol. The minimum Gasteiger partial charge on any atom is -0.398 e. The highest BCUT2D eigenvalue weighted by Crippen LogP contribution is 2.13. The van der Waals surface area contributed by atoms with E-state index in [1.54, 1.807) is 18.4 Å². The number of nitrogens with two attached hydrogens (primary N) is 1. The molecule has 74 valence electrons. The van der Waals surface area contributed by atoms with E-state index in [1.165, 1.54) is 0 Å². The number of amidine groups is 1. The first-order chi connectivity index (χ1) is 7.27. The summed E-state index contributed by atoms with van der Waals surface area (Å²) in [5.74, 6) is 0.258. The van der Waals surface area contributed by atoms with Crippen LogP contribution in [0.3, 0.4) is 0 Å². The molecule has 1 aliphatic rings. The summed E-state index contributed by atoms with van der Waals surface area (Å²) in [5.41, 5.74) is 8.26. The minimum atomic E-state index is 0.258. The second-order valence-corrected chi connectivity index (χ2v) is 3.21. The number of rotatable bonds is 2. The number of aliphatic imine (C=N–C) groups is 1. The maximum atomic E-state index is 7.50. The van der Waals surface area contributed by atoms with Gasteiger partial charge in [-0.1, -0.05) is 30.3 Å². The molecule has 2 rings (SSSR count). The second-order valence-electron chi connectivity index (χ2n) is 3.21. The van der Waals surface area contributed by atoms with Gasteiger partial charge in [0.15, 0.2) is 5.84 Å². The number of nitrogens with zero attached hydrogens (tertiary/aromatic N) is 1. The maximum absolute atomic E-state index is 7.50. The van der Waals surface area contributed by atoms with Crippen LogP contribution in [-0.2, 0) is 0 Å². The van der Waals surface area contributed by atoms with E-state index in [4.69, 9.17) is 11.1 Å². The summed E-state index contributed by atoms with van der Waals surface area (Å²) in [6, 6.07) is 9.68. The Hall–Kier alpha value is -2.16. The first-order valence-electron chi connectivity index (χ1n) is 4.63. The molecule has 3 heteroatoms. The van der Waals surface area contributed by atoms with Crippen LogP contribution in [0.5, 0.6) is 0 Å². The average Bonchev–Trinajstić information content (AvgIpc) is 2.66. The van der Waals surface area contributed by atoms with E-state index >= 15 is 0 Å². The number of hydrogen-bond donors (Lipinski definition) is 2. The number of benzene rings is 1. The molecule has 1 aromatic carbocycles. The van der Waals surface area contributed by atoms with E-state index in [1.807, 2.05) is 30.3 Å². The van der Waals surface area contributed by atoms with Crippen molar-refractivity contribution in [3.8, 4) is 0 Å². The molecule has 3 N–H and O–H groups in total. The maximum Gasteiger partial charge on any atom is 0.151 e. The fraction of sp³-hybridized carbons (Fsp3) is 0. The smallest absolute Gasteiger partial charge is 0.151 e. The fourth-order valence-electron chi connectivity index (χ4n) is 1.34. The second kappa shape index (κ2) is 3.92. The van der Waals surface area contributed by atoms with Crippen molar-refractivity contribution in [3.05, 3.63) is 53.6 Å². The largest absolute Gasteiger partial charge is 0.398 e. The Morgan fingerprint density at radius 1 is 1.27 bits per heavy atom. The molecule has 1 aromatic rings. The van der Waals surface area contributed by atoms with Gasteiger partial charge in [-0.3, -0.25) is 5.41 Å². The first-order valence-corrected chi connectivity index (χ1v) is 4.63. The highest BCUT2D eigenvalue weighted by molar-refractivity contribution is 6.12. The molecule has 0 spiro atoms. The molecule has 0 aromatic heterocycles. The summed E-state index contributed by atoms with van der Waals surface area (Å²) >= 11 is 0. The zero-order valence-electron chi connectivity index (χ0n) is 8.14. The van der Waals surface area contributed by atoms with Gasteiger partial charge in [0, 0.05) is 17.5 Å². The lowest BCUT2D eigenvalue weighted by atomic mass is 10.1. The third-order valence-electron chi connectivity index (χ3n) is 2.15. The summed E-state index contributed by atoms with van der Waals surface area (Å²) in [4.78, 5) is 3.83. The molecule has 15 heavy (non-hydrogen) atoms. The fourth-order valence-corrected chi connectivity index (χ4v) is 1.34. The van der Waals surface area contributed by atoms with Crippen molar-refractivity contribution < 1.29 is 0 Å². The molecular weight excluding hydrogens is 186 g/mol. The molecule has 0 atom stereocenters. The van der Waals surface area contributed by atoms with E-state index in [0.717, 1.165) is 11.1 Å². The summed E-state index contributed by atoms with van der Waals surface area (Å²) in [5, 5.41) is 7.50. The molecule has 1 aliphatic heterocycles. The van der Waals surface area contributed by atoms with Gasteiger partial charge in [-0.15, -0.1) is 0 Å². The Kier molecular flexibility index (Phi) is 2.46. The van der Waals surface area contributed by atoms with Gasteiger partial charge in [0.25, 0.3) is 0 Å². The number of hydrogen-bond acceptors (Lipinski definition) is 2. The van der Waals surface area contributed by atoms with Crippen LogP contribution in [0.2, 0.25) is 0 Å². The number of allylic oxidation sites excluding steroid dienone is 1. The van der Waals surface area contributed by atoms with Crippen LogP contribution >= 0.6 is 0 Å². The van der Waals surface area contributed by atoms with Crippen molar-refractivity contribution in [2.45, 2.75) is 0 Å². The van der Waals surface area contributed by atoms with Crippen LogP contribution in [0, 0.1) is 5.41 Å². The molecule has 0 fully saturated rings. The molecule has 0 saturated carbocycles. The predicted octanol–water partition coefficient (Wildman–Crippen LogP) is 1.97. The molecule has 0 unspecified atom stereocenters. The van der Waals surface area contributed by atoms with E-state index in [9.17, 15) is 0 Å². The highest BCUT2D eigenvalue weighted by atomic mass is 14.8. The molecule has 3 nitrogen and oxygen atoms in total. The summed E-state index contributed by atoms with van der Waals surface area (Å²) in [6.45, 7) is 0. The van der Waals surface area contributed by atoms with Gasteiger partial charge in [0.05, 0.1) is 0 Å². The minimum absolute atomic E-state index is 0.258. The van der Waals surface area contributed by atoms with Crippen molar-refractivity contribution in [1.29, 1.82) is 5.41 Å². The zero-order chi connectivity index (χ0) is 10.7. The summed E-state index contributed by atoms with van der Waals surface area (Å²) in [7, 11) is 0. The van der Waals surface area contributed by atoms with E-state index in [0.29, 0.717) is 5.70 Å². The molecule has 0 saturated heterocycles. The van der Waals surface area contributed by atoms with E-state index in [-0.39, 0.29) is 5.84 Å². The predicted molar refractivity (Wildman–Crippen MR) is 62.9 cm³/mol. The standard InChI is InChI=1S/C12H11N3/c13-11(9-4-2-1-3-5-9)8-10-6-7-15-12(10)14/h1-8,14H,13H2. The third kappa shape index (κ3) is 2.02. The van der Waals surface area contributed by atoms with Crippen LogP contribution in [0.1, 0.15) is 5.56 Å². The van der Waals surface area contributed by atoms with Crippen LogP contribution in [-0.4, -0.2) is 12.1 Å². The van der Waals surface area contributed by atoms with Crippen LogP contribution < -0.4 is 5.73 Å². The Labute approximate surface area is 88.2 Å². The van der Waals surface area contributed by atoms with Gasteiger partial charge in [0.1, 0.15) is 0 Å². The molecule has 0 aliphatic carbocycles. The van der Waals surface area contributed by atoms with Gasteiger partial charge in [-0.25, -0.2) is 4.99 Å². The first kappa shape index (κ1) is 9.40. The van der Waals surface area contributed by atoms with Crippen molar-refractivity contribution >= 4 is 17.7 Å². The molecule has 0 bridgehead atoms. The van der Waals surface area contributed by atoms with Crippen LogP contribution in [0.4, 0.5) is 0 Å². The van der Waals surface area contributed by atoms with Crippen LogP contribution in [0.25, 0.3) is 5.70 Å². The SMILES string of the molecule is N=C1N=CC=C1C=C(N)c1ccccc1. The lowest BCUT2D eigenvalue weighted by molar-refractivity contribution is 1.44. The van der Waals surface area contributed by atoms with Crippen LogP contribution in [0.15, 0.2) is 53.0 Å². The van der Waals surface area contributed by atoms with E-state index < -0.39 is 0 Å². The number of nitrogens with one attached hydrogen (secondary N) is 1. The Bertz CT molecular complexity index is 467. The van der Waals surface area contributed by atoms with Crippen molar-refractivity contribution in [2.24, 2.45) is 10.7 Å². The van der Waals surface area contributed by atoms with Gasteiger partial charge in [-0.05, 0) is 17.7 Å². The van der Waals surface area contributed by atoms with Gasteiger partial charge < -0.3 is 5.73 Å². The normalized spacial score (nSPS) is 15.6. The van der Waals surface area contributed by atoms with Gasteiger partial charge in [0.2, 0.25) is 0 Å². The summed E-state index contributed by atoms with van der Waals surface area (Å²) < 4.78 is 0. The topological polar surface area (TPSA) is 62.2 Å². The lowest BCUT2D eigenvalue weighted by Gasteiger charge is -2.01. The Morgan fingerprint density at radius 3 is 2.60 bits per heavy atom. The quantitative estimate of drug-likeness (QED) is 0.748. The molecule has 1 heterocycles. The van der Waals surface area contributed by atoms with Crippen molar-refractivity contribution in [1.82, 2.24) is 0 Å². The lowest BCUT2D eigenvalue weighted by Crippen LogP contribution is -1.99. The summed E-state index contributed by atoms with van der Waals surface area (Å²) in [6.07, 6.45) is 5.15. The van der Waals surface area contributed by atoms with Crippen molar-refractivity contribution in [2.75, 3.05) is 0 Å². The molecular formula is C12H11N3. The highest BCUT2D eigenvalue weighted by Gasteiger charge is 2.05. The molecule has 0 amide bonds. The zero-order valence-corrected chi connectivity index (χ0v) is 8.14. The Balaban J connectivity index is 2.26. The monoisotopic (exact) mass is 197 g/mol. The molecule has 0 radical (unpaired) electrons. The Morgan fingerprint density at radius 2 is 2.00 bits per heavy atom. The van der Waals surface area contributed by atoms with Gasteiger partial charge >= 0.3 is 0 Å². The van der Waals surface area contributed by atoms with E-state index in [2.05, 4.69) is 4.99 Å². The van der Waals surface area contributed by atoms with Crippen molar-refractivity contribution in [3.63, 3.8) is 0 Å². The van der Waals surface area contributed by atoms with Gasteiger partial charge in [-0.2, -0.15) is 0 Å².